The van der Waals surface area contributed by atoms with Crippen molar-refractivity contribution in [2.75, 3.05) is 29.1 Å². The van der Waals surface area contributed by atoms with Crippen LogP contribution >= 0.6 is 0 Å². The van der Waals surface area contributed by atoms with E-state index in [2.05, 4.69) is 20.6 Å². The fraction of sp³-hybridized carbons (Fsp3) is 0.368. The normalized spacial score (nSPS) is 15.8. The molecule has 27 heavy (non-hydrogen) atoms. The van der Waals surface area contributed by atoms with Crippen molar-refractivity contribution in [2.45, 2.75) is 33.3 Å². The number of aromatic nitrogens is 2. The van der Waals surface area contributed by atoms with Gasteiger partial charge in [0.2, 0.25) is 11.9 Å². The SMILES string of the molecule is Cc1cc(C)nc(NCCC(=O)Nc2ccc3c(c2)N(C)C(=O)[C@H](C)O3)n1. The Morgan fingerprint density at radius 1 is 1.22 bits per heavy atom. The zero-order valence-electron chi connectivity index (χ0n) is 15.9. The Hall–Kier alpha value is -3.16. The Kier molecular flexibility index (Phi) is 5.25. The highest BCUT2D eigenvalue weighted by Gasteiger charge is 2.29. The van der Waals surface area contributed by atoms with Gasteiger partial charge in [-0.3, -0.25) is 9.59 Å². The summed E-state index contributed by atoms with van der Waals surface area (Å²) in [7, 11) is 1.69. The minimum atomic E-state index is -0.513. The van der Waals surface area contributed by atoms with Crippen LogP contribution in [0.3, 0.4) is 0 Å². The molecule has 3 rings (SSSR count). The first-order valence-electron chi connectivity index (χ1n) is 8.78. The van der Waals surface area contributed by atoms with Crippen LogP contribution in [0.5, 0.6) is 5.75 Å². The lowest BCUT2D eigenvalue weighted by Gasteiger charge is -2.30. The predicted octanol–water partition coefficient (Wildman–Crippen LogP) is 2.28. The Morgan fingerprint density at radius 3 is 2.63 bits per heavy atom. The molecule has 2 heterocycles. The molecule has 1 aliphatic rings. The molecule has 1 aromatic heterocycles. The van der Waals surface area contributed by atoms with Crippen LogP contribution in [0.1, 0.15) is 24.7 Å². The molecule has 0 unspecified atom stereocenters. The number of amides is 2. The first-order valence-corrected chi connectivity index (χ1v) is 8.78. The number of hydrogen-bond donors (Lipinski definition) is 2. The number of nitrogens with zero attached hydrogens (tertiary/aromatic N) is 3. The molecule has 2 aromatic rings. The summed E-state index contributed by atoms with van der Waals surface area (Å²) in [5, 5.41) is 5.89. The Balaban J connectivity index is 1.57. The number of hydrogen-bond acceptors (Lipinski definition) is 6. The fourth-order valence-electron chi connectivity index (χ4n) is 2.91. The molecule has 0 aliphatic carbocycles. The number of carbonyl (C=O) groups excluding carboxylic acids is 2. The van der Waals surface area contributed by atoms with Crippen LogP contribution in [0, 0.1) is 13.8 Å². The first-order chi connectivity index (χ1) is 12.8. The topological polar surface area (TPSA) is 96.5 Å². The largest absolute Gasteiger partial charge is 0.479 e. The summed E-state index contributed by atoms with van der Waals surface area (Å²) in [6, 6.07) is 7.14. The second kappa shape index (κ2) is 7.61. The molecule has 142 valence electrons. The van der Waals surface area contributed by atoms with Gasteiger partial charge >= 0.3 is 0 Å². The minimum absolute atomic E-state index is 0.122. The summed E-state index contributed by atoms with van der Waals surface area (Å²) in [6.07, 6.45) is -0.253. The zero-order chi connectivity index (χ0) is 19.6. The molecule has 0 bridgehead atoms. The van der Waals surface area contributed by atoms with Crippen molar-refractivity contribution < 1.29 is 14.3 Å². The molecular weight excluding hydrogens is 346 g/mol. The van der Waals surface area contributed by atoms with Crippen LogP contribution < -0.4 is 20.3 Å². The van der Waals surface area contributed by atoms with Gasteiger partial charge in [0.05, 0.1) is 5.69 Å². The maximum atomic E-state index is 12.2. The average molecular weight is 369 g/mol. The second-order valence-corrected chi connectivity index (χ2v) is 6.54. The van der Waals surface area contributed by atoms with Crippen molar-refractivity contribution in [3.63, 3.8) is 0 Å². The number of benzene rings is 1. The summed E-state index contributed by atoms with van der Waals surface area (Å²) in [4.78, 5) is 34.3. The molecule has 0 saturated carbocycles. The van der Waals surface area contributed by atoms with Gasteiger partial charge in [0.25, 0.3) is 5.91 Å². The quantitative estimate of drug-likeness (QED) is 0.839. The van der Waals surface area contributed by atoms with Gasteiger partial charge in [-0.2, -0.15) is 0 Å². The molecule has 1 atom stereocenters. The summed E-state index contributed by atoms with van der Waals surface area (Å²) < 4.78 is 5.58. The maximum absolute atomic E-state index is 12.2. The van der Waals surface area contributed by atoms with E-state index in [-0.39, 0.29) is 18.2 Å². The van der Waals surface area contributed by atoms with Crippen LogP contribution in [-0.4, -0.2) is 41.5 Å². The highest BCUT2D eigenvalue weighted by molar-refractivity contribution is 6.00. The van der Waals surface area contributed by atoms with Gasteiger partial charge in [-0.1, -0.05) is 0 Å². The summed E-state index contributed by atoms with van der Waals surface area (Å²) in [5.41, 5.74) is 2.99. The van der Waals surface area contributed by atoms with Gasteiger partial charge in [-0.05, 0) is 45.0 Å². The second-order valence-electron chi connectivity index (χ2n) is 6.54. The number of aryl methyl sites for hydroxylation is 2. The van der Waals surface area contributed by atoms with Crippen LogP contribution in [-0.2, 0) is 9.59 Å². The average Bonchev–Trinajstić information content (AvgIpc) is 2.59. The van der Waals surface area contributed by atoms with Gasteiger partial charge in [0, 0.05) is 37.1 Å². The lowest BCUT2D eigenvalue weighted by atomic mass is 10.2. The lowest BCUT2D eigenvalue weighted by molar-refractivity contribution is -0.125. The third-order valence-corrected chi connectivity index (χ3v) is 4.20. The van der Waals surface area contributed by atoms with E-state index in [4.69, 9.17) is 4.74 Å². The van der Waals surface area contributed by atoms with E-state index in [0.717, 1.165) is 11.4 Å². The number of ether oxygens (including phenoxy) is 1. The Labute approximate surface area is 158 Å². The molecule has 0 saturated heterocycles. The van der Waals surface area contributed by atoms with E-state index >= 15 is 0 Å². The standard InChI is InChI=1S/C19H23N5O3/c1-11-9-12(2)22-19(21-11)20-8-7-17(25)23-14-5-6-16-15(10-14)24(4)18(26)13(3)27-16/h5-6,9-10,13H,7-8H2,1-4H3,(H,23,25)(H,20,21,22)/t13-/m0/s1. The van der Waals surface area contributed by atoms with Crippen LogP contribution in [0.15, 0.2) is 24.3 Å². The number of nitrogens with one attached hydrogen (secondary N) is 2. The van der Waals surface area contributed by atoms with Gasteiger partial charge < -0.3 is 20.3 Å². The number of carbonyl (C=O) groups is 2. The van der Waals surface area contributed by atoms with E-state index < -0.39 is 6.10 Å². The summed E-state index contributed by atoms with van der Waals surface area (Å²) in [6.45, 7) is 5.92. The number of fused-ring (bicyclic) bond motifs is 1. The molecule has 0 spiro atoms. The van der Waals surface area contributed by atoms with Crippen molar-refractivity contribution in [2.24, 2.45) is 0 Å². The Bertz CT molecular complexity index is 863. The van der Waals surface area contributed by atoms with E-state index in [1.54, 1.807) is 32.2 Å². The van der Waals surface area contributed by atoms with Gasteiger partial charge in [-0.25, -0.2) is 9.97 Å². The van der Waals surface area contributed by atoms with Crippen molar-refractivity contribution in [3.05, 3.63) is 35.7 Å². The molecule has 2 amide bonds. The highest BCUT2D eigenvalue weighted by Crippen LogP contribution is 2.35. The Morgan fingerprint density at radius 2 is 1.93 bits per heavy atom. The monoisotopic (exact) mass is 369 g/mol. The smallest absolute Gasteiger partial charge is 0.267 e. The molecule has 8 nitrogen and oxygen atoms in total. The first kappa shape index (κ1) is 18.6. The fourth-order valence-corrected chi connectivity index (χ4v) is 2.91. The van der Waals surface area contributed by atoms with Crippen molar-refractivity contribution in [1.29, 1.82) is 0 Å². The molecule has 0 radical (unpaired) electrons. The molecular formula is C19H23N5O3. The highest BCUT2D eigenvalue weighted by atomic mass is 16.5. The number of likely N-dealkylation sites (N-methyl/N-ethyl adjacent to an activating group) is 1. The van der Waals surface area contributed by atoms with Crippen molar-refractivity contribution in [1.82, 2.24) is 9.97 Å². The molecule has 8 heteroatoms. The third kappa shape index (κ3) is 4.33. The van der Waals surface area contributed by atoms with E-state index in [0.29, 0.717) is 29.6 Å². The van der Waals surface area contributed by atoms with E-state index in [1.165, 1.54) is 4.90 Å². The van der Waals surface area contributed by atoms with Gasteiger partial charge in [-0.15, -0.1) is 0 Å². The predicted molar refractivity (Wildman–Crippen MR) is 103 cm³/mol. The molecule has 0 fully saturated rings. The van der Waals surface area contributed by atoms with Crippen LogP contribution in [0.2, 0.25) is 0 Å². The summed E-state index contributed by atoms with van der Waals surface area (Å²) in [5.74, 6) is 0.867. The van der Waals surface area contributed by atoms with Crippen LogP contribution in [0.4, 0.5) is 17.3 Å². The van der Waals surface area contributed by atoms with E-state index in [1.807, 2.05) is 19.9 Å². The molecule has 2 N–H and O–H groups in total. The number of rotatable bonds is 5. The summed E-state index contributed by atoms with van der Waals surface area (Å²) >= 11 is 0. The molecule has 1 aromatic carbocycles. The zero-order valence-corrected chi connectivity index (χ0v) is 15.9. The van der Waals surface area contributed by atoms with Crippen molar-refractivity contribution in [3.8, 4) is 5.75 Å². The maximum Gasteiger partial charge on any atom is 0.267 e. The molecule has 1 aliphatic heterocycles. The van der Waals surface area contributed by atoms with Crippen molar-refractivity contribution >= 4 is 29.1 Å². The van der Waals surface area contributed by atoms with Crippen LogP contribution in [0.25, 0.3) is 0 Å². The van der Waals surface area contributed by atoms with E-state index in [9.17, 15) is 9.59 Å². The number of anilines is 3. The third-order valence-electron chi connectivity index (χ3n) is 4.20. The minimum Gasteiger partial charge on any atom is -0.479 e. The van der Waals surface area contributed by atoms with Gasteiger partial charge in [0.15, 0.2) is 6.10 Å². The lowest BCUT2D eigenvalue weighted by Crippen LogP contribution is -2.41. The van der Waals surface area contributed by atoms with Gasteiger partial charge in [0.1, 0.15) is 5.75 Å².